The van der Waals surface area contributed by atoms with Crippen LogP contribution in [0.3, 0.4) is 0 Å². The third kappa shape index (κ3) is 1.81. The zero-order valence-corrected chi connectivity index (χ0v) is 8.62. The maximum atomic E-state index is 13.8. The van der Waals surface area contributed by atoms with E-state index in [9.17, 15) is 8.78 Å². The minimum Gasteiger partial charge on any atom is -0.308 e. The summed E-state index contributed by atoms with van der Waals surface area (Å²) in [4.78, 5) is 0.178. The molecule has 1 unspecified atom stereocenters. The molecule has 1 N–H and O–H groups in total. The molecule has 1 fully saturated rings. The van der Waals surface area contributed by atoms with Crippen molar-refractivity contribution >= 4 is 11.3 Å². The van der Waals surface area contributed by atoms with Crippen molar-refractivity contribution in [2.45, 2.75) is 31.2 Å². The van der Waals surface area contributed by atoms with Gasteiger partial charge in [0.1, 0.15) is 0 Å². The monoisotopic (exact) mass is 217 g/mol. The van der Waals surface area contributed by atoms with Crippen molar-refractivity contribution in [3.63, 3.8) is 0 Å². The van der Waals surface area contributed by atoms with Crippen LogP contribution in [0.2, 0.25) is 0 Å². The molecule has 1 aromatic heterocycles. The highest BCUT2D eigenvalue weighted by Crippen LogP contribution is 2.37. The second-order valence-corrected chi connectivity index (χ2v) is 4.55. The van der Waals surface area contributed by atoms with E-state index in [1.165, 1.54) is 6.07 Å². The van der Waals surface area contributed by atoms with Gasteiger partial charge in [-0.05, 0) is 30.8 Å². The Hall–Kier alpha value is -0.480. The normalized spacial score (nSPS) is 23.7. The Morgan fingerprint density at radius 1 is 1.43 bits per heavy atom. The maximum absolute atomic E-state index is 13.8. The van der Waals surface area contributed by atoms with E-state index in [2.05, 4.69) is 5.32 Å². The van der Waals surface area contributed by atoms with E-state index in [4.69, 9.17) is 0 Å². The highest BCUT2D eigenvalue weighted by molar-refractivity contribution is 7.10. The van der Waals surface area contributed by atoms with Crippen molar-refractivity contribution in [2.24, 2.45) is 0 Å². The van der Waals surface area contributed by atoms with Gasteiger partial charge in [0, 0.05) is 0 Å². The molecule has 0 amide bonds. The predicted octanol–water partition coefficient (Wildman–Crippen LogP) is 2.98. The second kappa shape index (κ2) is 3.95. The van der Waals surface area contributed by atoms with Crippen LogP contribution in [0, 0.1) is 0 Å². The van der Waals surface area contributed by atoms with E-state index < -0.39 is 12.0 Å². The first-order valence-corrected chi connectivity index (χ1v) is 5.74. The van der Waals surface area contributed by atoms with E-state index >= 15 is 0 Å². The molecule has 0 saturated carbocycles. The van der Waals surface area contributed by atoms with Crippen LogP contribution in [0.25, 0.3) is 0 Å². The first-order chi connectivity index (χ1) is 6.71. The molecular formula is C10H13F2NS. The molecular weight excluding hydrogens is 204 g/mol. The van der Waals surface area contributed by atoms with Crippen LogP contribution in [0.1, 0.15) is 24.1 Å². The third-order valence-electron chi connectivity index (χ3n) is 2.60. The highest BCUT2D eigenvalue weighted by Gasteiger charge is 2.42. The van der Waals surface area contributed by atoms with Gasteiger partial charge in [0.25, 0.3) is 5.92 Å². The molecule has 1 nitrogen and oxygen atoms in total. The molecule has 1 saturated heterocycles. The van der Waals surface area contributed by atoms with Gasteiger partial charge in [-0.15, -0.1) is 11.3 Å². The molecule has 0 bridgehead atoms. The van der Waals surface area contributed by atoms with Crippen LogP contribution < -0.4 is 5.32 Å². The van der Waals surface area contributed by atoms with Crippen molar-refractivity contribution in [1.82, 2.24) is 5.32 Å². The van der Waals surface area contributed by atoms with Gasteiger partial charge in [0.15, 0.2) is 0 Å². The summed E-state index contributed by atoms with van der Waals surface area (Å²) in [6.45, 7) is 0.714. The maximum Gasteiger partial charge on any atom is 0.297 e. The lowest BCUT2D eigenvalue weighted by molar-refractivity contribution is -0.0478. The van der Waals surface area contributed by atoms with E-state index in [1.807, 2.05) is 0 Å². The van der Waals surface area contributed by atoms with Gasteiger partial charge < -0.3 is 5.32 Å². The van der Waals surface area contributed by atoms with E-state index in [0.29, 0.717) is 13.0 Å². The fraction of sp³-hybridized carbons (Fsp3) is 0.600. The second-order valence-electron chi connectivity index (χ2n) is 3.60. The molecule has 78 valence electrons. The molecule has 4 heteroatoms. The average molecular weight is 217 g/mol. The Kier molecular flexibility index (Phi) is 2.83. The van der Waals surface area contributed by atoms with Crippen LogP contribution in [-0.2, 0) is 5.92 Å². The smallest absolute Gasteiger partial charge is 0.297 e. The van der Waals surface area contributed by atoms with E-state index in [-0.39, 0.29) is 4.88 Å². The van der Waals surface area contributed by atoms with Crippen molar-refractivity contribution < 1.29 is 8.78 Å². The SMILES string of the molecule is FC(F)(c1cccs1)C1CCCCN1. The average Bonchev–Trinajstić information content (AvgIpc) is 2.72. The molecule has 14 heavy (non-hydrogen) atoms. The van der Waals surface area contributed by atoms with Gasteiger partial charge in [-0.3, -0.25) is 0 Å². The van der Waals surface area contributed by atoms with Crippen LogP contribution in [0.5, 0.6) is 0 Å². The number of alkyl halides is 2. The molecule has 2 rings (SSSR count). The van der Waals surface area contributed by atoms with Gasteiger partial charge in [-0.1, -0.05) is 12.5 Å². The lowest BCUT2D eigenvalue weighted by Crippen LogP contribution is -2.45. The Labute approximate surface area is 86.1 Å². The standard InChI is InChI=1S/C10H13F2NS/c11-10(12,9-5-3-7-14-9)8-4-1-2-6-13-8/h3,5,7-8,13H,1-2,4,6H2. The topological polar surface area (TPSA) is 12.0 Å². The molecule has 1 aromatic rings. The van der Waals surface area contributed by atoms with Crippen LogP contribution in [0.15, 0.2) is 17.5 Å². The Bertz CT molecular complexity index is 278. The zero-order valence-electron chi connectivity index (χ0n) is 7.80. The zero-order chi connectivity index (χ0) is 10.0. The van der Waals surface area contributed by atoms with Crippen LogP contribution >= 0.6 is 11.3 Å². The number of thiophene rings is 1. The summed E-state index contributed by atoms with van der Waals surface area (Å²) < 4.78 is 27.6. The summed E-state index contributed by atoms with van der Waals surface area (Å²) in [5.41, 5.74) is 0. The first-order valence-electron chi connectivity index (χ1n) is 4.86. The highest BCUT2D eigenvalue weighted by atomic mass is 32.1. The predicted molar refractivity (Wildman–Crippen MR) is 53.9 cm³/mol. The number of halogens is 2. The van der Waals surface area contributed by atoms with Gasteiger partial charge in [-0.2, -0.15) is 8.78 Å². The van der Waals surface area contributed by atoms with Crippen LogP contribution in [-0.4, -0.2) is 12.6 Å². The van der Waals surface area contributed by atoms with E-state index in [0.717, 1.165) is 24.2 Å². The first kappa shape index (κ1) is 10.1. The Morgan fingerprint density at radius 2 is 2.29 bits per heavy atom. The lowest BCUT2D eigenvalue weighted by Gasteiger charge is -2.30. The van der Waals surface area contributed by atoms with Gasteiger partial charge in [0.05, 0.1) is 10.9 Å². The molecule has 0 radical (unpaired) electrons. The minimum absolute atomic E-state index is 0.178. The number of rotatable bonds is 2. The molecule has 0 aromatic carbocycles. The lowest BCUT2D eigenvalue weighted by atomic mass is 9.98. The minimum atomic E-state index is -2.70. The fourth-order valence-electron chi connectivity index (χ4n) is 1.80. The van der Waals surface area contributed by atoms with Gasteiger partial charge in [-0.25, -0.2) is 0 Å². The number of hydrogen-bond donors (Lipinski definition) is 1. The van der Waals surface area contributed by atoms with Crippen molar-refractivity contribution in [2.75, 3.05) is 6.54 Å². The molecule has 1 aliphatic rings. The Balaban J connectivity index is 2.14. The number of nitrogens with one attached hydrogen (secondary N) is 1. The van der Waals surface area contributed by atoms with E-state index in [1.54, 1.807) is 11.4 Å². The molecule has 0 spiro atoms. The summed E-state index contributed by atoms with van der Waals surface area (Å²) in [5.74, 6) is -2.70. The molecule has 1 aliphatic heterocycles. The summed E-state index contributed by atoms with van der Waals surface area (Å²) in [6, 6.07) is 2.52. The summed E-state index contributed by atoms with van der Waals surface area (Å²) >= 11 is 1.13. The third-order valence-corrected chi connectivity index (χ3v) is 3.55. The van der Waals surface area contributed by atoms with Crippen molar-refractivity contribution in [1.29, 1.82) is 0 Å². The molecule has 2 heterocycles. The van der Waals surface area contributed by atoms with Crippen molar-refractivity contribution in [3.05, 3.63) is 22.4 Å². The van der Waals surface area contributed by atoms with Gasteiger partial charge in [0.2, 0.25) is 0 Å². The van der Waals surface area contributed by atoms with Gasteiger partial charge >= 0.3 is 0 Å². The number of piperidine rings is 1. The summed E-state index contributed by atoms with van der Waals surface area (Å²) in [6.07, 6.45) is 2.49. The molecule has 0 aliphatic carbocycles. The molecule has 1 atom stereocenters. The quantitative estimate of drug-likeness (QED) is 0.803. The van der Waals surface area contributed by atoms with Crippen molar-refractivity contribution in [3.8, 4) is 0 Å². The van der Waals surface area contributed by atoms with Crippen LogP contribution in [0.4, 0.5) is 8.78 Å². The largest absolute Gasteiger partial charge is 0.308 e. The fourth-order valence-corrected chi connectivity index (χ4v) is 2.56. The summed E-state index contributed by atoms with van der Waals surface area (Å²) in [7, 11) is 0. The number of hydrogen-bond acceptors (Lipinski definition) is 2. The summed E-state index contributed by atoms with van der Waals surface area (Å²) in [5, 5.41) is 4.60. The Morgan fingerprint density at radius 3 is 2.86 bits per heavy atom.